The van der Waals surface area contributed by atoms with Gasteiger partial charge in [0, 0.05) is 31.2 Å². The molecule has 8 atom stereocenters. The van der Waals surface area contributed by atoms with Crippen LogP contribution in [-0.2, 0) is 0 Å². The number of fused-ring (bicyclic) bond motifs is 4. The average Bonchev–Trinajstić information content (AvgIpc) is 3.31. The zero-order valence-corrected chi connectivity index (χ0v) is 21.1. The van der Waals surface area contributed by atoms with Crippen molar-refractivity contribution in [3.8, 4) is 0 Å². The second-order valence-corrected chi connectivity index (χ2v) is 12.5. The van der Waals surface area contributed by atoms with E-state index in [1.54, 1.807) is 5.57 Å². The number of nitrogens with zero attached hydrogens (tertiary/aromatic N) is 2. The Kier molecular flexibility index (Phi) is 5.11. The van der Waals surface area contributed by atoms with E-state index in [9.17, 15) is 4.79 Å². The first-order chi connectivity index (χ1) is 15.8. The van der Waals surface area contributed by atoms with Crippen LogP contribution in [0.15, 0.2) is 42.0 Å². The zero-order chi connectivity index (χ0) is 23.0. The molecule has 1 aliphatic heterocycles. The molecule has 4 fully saturated rings. The quantitative estimate of drug-likeness (QED) is 0.519. The van der Waals surface area contributed by atoms with E-state index in [4.69, 9.17) is 0 Å². The molecule has 1 heterocycles. The zero-order valence-electron chi connectivity index (χ0n) is 21.1. The molecule has 0 aromatic heterocycles. The van der Waals surface area contributed by atoms with E-state index in [0.29, 0.717) is 16.9 Å². The minimum atomic E-state index is 0.176. The summed E-state index contributed by atoms with van der Waals surface area (Å²) in [6, 6.07) is 10.9. The van der Waals surface area contributed by atoms with Crippen molar-refractivity contribution in [3.05, 3.63) is 47.5 Å². The maximum absolute atomic E-state index is 13.1. The topological polar surface area (TPSA) is 23.6 Å². The van der Waals surface area contributed by atoms with Gasteiger partial charge in [0.15, 0.2) is 0 Å². The highest BCUT2D eigenvalue weighted by Gasteiger charge is 2.64. The Bertz CT molecular complexity index is 955. The molecule has 3 saturated carbocycles. The van der Waals surface area contributed by atoms with Crippen LogP contribution in [0.1, 0.15) is 75.6 Å². The van der Waals surface area contributed by atoms with Gasteiger partial charge in [-0.25, -0.2) is 0 Å². The smallest absolute Gasteiger partial charge is 0.253 e. The first kappa shape index (κ1) is 21.9. The van der Waals surface area contributed by atoms with Crippen LogP contribution in [0.5, 0.6) is 0 Å². The van der Waals surface area contributed by atoms with Crippen molar-refractivity contribution in [1.82, 2.24) is 9.80 Å². The van der Waals surface area contributed by atoms with E-state index in [1.807, 2.05) is 42.3 Å². The Labute approximate surface area is 200 Å². The fraction of sp³-hybridized carbons (Fsp3) is 0.700. The van der Waals surface area contributed by atoms with Crippen molar-refractivity contribution in [2.45, 2.75) is 77.3 Å². The van der Waals surface area contributed by atoms with Crippen molar-refractivity contribution in [2.75, 3.05) is 20.6 Å². The minimum absolute atomic E-state index is 0.176. The average molecular weight is 447 g/mol. The maximum Gasteiger partial charge on any atom is 0.253 e. The van der Waals surface area contributed by atoms with Crippen molar-refractivity contribution >= 4 is 5.91 Å². The van der Waals surface area contributed by atoms with Gasteiger partial charge < -0.3 is 9.80 Å². The highest BCUT2D eigenvalue weighted by atomic mass is 16.2. The van der Waals surface area contributed by atoms with Crippen LogP contribution >= 0.6 is 0 Å². The molecule has 1 spiro atoms. The number of carbonyl (C=O) groups is 1. The summed E-state index contributed by atoms with van der Waals surface area (Å²) in [5.74, 6) is 3.78. The van der Waals surface area contributed by atoms with Gasteiger partial charge in [0.05, 0.1) is 0 Å². The summed E-state index contributed by atoms with van der Waals surface area (Å²) in [4.78, 5) is 17.8. The Morgan fingerprint density at radius 2 is 1.79 bits per heavy atom. The fourth-order valence-corrected chi connectivity index (χ4v) is 9.72. The summed E-state index contributed by atoms with van der Waals surface area (Å²) >= 11 is 0. The van der Waals surface area contributed by atoms with Gasteiger partial charge in [-0.2, -0.15) is 0 Å². The Balaban J connectivity index is 1.22. The summed E-state index contributed by atoms with van der Waals surface area (Å²) in [7, 11) is 4.39. The monoisotopic (exact) mass is 446 g/mol. The number of rotatable bonds is 2. The van der Waals surface area contributed by atoms with E-state index in [0.717, 1.165) is 48.1 Å². The first-order valence-corrected chi connectivity index (χ1v) is 13.6. The third-order valence-electron chi connectivity index (χ3n) is 11.6. The van der Waals surface area contributed by atoms with Crippen LogP contribution in [0.3, 0.4) is 0 Å². The lowest BCUT2D eigenvalue weighted by Crippen LogP contribution is -2.53. The van der Waals surface area contributed by atoms with Gasteiger partial charge in [0.1, 0.15) is 0 Å². The number of hydrogen-bond donors (Lipinski definition) is 0. The highest BCUT2D eigenvalue weighted by molar-refractivity contribution is 5.94. The molecule has 6 rings (SSSR count). The van der Waals surface area contributed by atoms with Gasteiger partial charge in [-0.1, -0.05) is 36.8 Å². The number of carbonyl (C=O) groups excluding carboxylic acids is 1. The largest absolute Gasteiger partial charge is 0.338 e. The van der Waals surface area contributed by atoms with Crippen molar-refractivity contribution in [1.29, 1.82) is 0 Å². The molecule has 1 amide bonds. The molecule has 2 unspecified atom stereocenters. The summed E-state index contributed by atoms with van der Waals surface area (Å²) in [5.41, 5.74) is 3.45. The molecule has 1 saturated heterocycles. The van der Waals surface area contributed by atoms with Gasteiger partial charge in [-0.3, -0.25) is 4.79 Å². The number of benzene rings is 1. The van der Waals surface area contributed by atoms with Gasteiger partial charge in [-0.05, 0) is 112 Å². The third kappa shape index (κ3) is 3.07. The SMILES string of the molecule is C[C@H]1[C@H]2CCC3[C@@H]4CC=C5C[C@@H](N(C)C(=O)c6ccccc6)CC[C@]5(C)C4CC[C@@]32CN1C. The lowest BCUT2D eigenvalue weighted by molar-refractivity contribution is -0.0430. The van der Waals surface area contributed by atoms with Crippen molar-refractivity contribution < 1.29 is 4.79 Å². The van der Waals surface area contributed by atoms with Gasteiger partial charge in [-0.15, -0.1) is 0 Å². The normalized spacial score (nSPS) is 44.3. The molecule has 4 aliphatic carbocycles. The minimum Gasteiger partial charge on any atom is -0.338 e. The molecular weight excluding hydrogens is 404 g/mol. The Hall–Kier alpha value is -1.61. The predicted molar refractivity (Wildman–Crippen MR) is 134 cm³/mol. The lowest BCUT2D eigenvalue weighted by atomic mass is 9.47. The second kappa shape index (κ2) is 7.70. The molecule has 178 valence electrons. The molecule has 0 N–H and O–H groups in total. The van der Waals surface area contributed by atoms with Crippen LogP contribution in [0.2, 0.25) is 0 Å². The fourth-order valence-electron chi connectivity index (χ4n) is 9.72. The molecule has 3 heteroatoms. The number of allylic oxidation sites excluding steroid dienone is 1. The predicted octanol–water partition coefficient (Wildman–Crippen LogP) is 6.02. The summed E-state index contributed by atoms with van der Waals surface area (Å²) < 4.78 is 0. The third-order valence-corrected chi connectivity index (χ3v) is 11.6. The van der Waals surface area contributed by atoms with E-state index < -0.39 is 0 Å². The van der Waals surface area contributed by atoms with Crippen LogP contribution in [0.4, 0.5) is 0 Å². The number of likely N-dealkylation sites (tertiary alicyclic amines) is 1. The standard InChI is InChI=1S/C30H42N2O/c1-20-25-12-13-27-24-11-10-22-18-23(32(4)28(33)21-8-6-5-7-9-21)14-16-29(22,2)26(24)15-17-30(25,27)19-31(20)3/h5-10,20,23-27H,11-19H2,1-4H3/t20-,23-,24+,25+,26?,27?,29-,30-/m0/s1. The molecule has 5 aliphatic rings. The number of hydrogen-bond acceptors (Lipinski definition) is 2. The van der Waals surface area contributed by atoms with Crippen LogP contribution in [0.25, 0.3) is 0 Å². The second-order valence-electron chi connectivity index (χ2n) is 12.5. The Morgan fingerprint density at radius 1 is 1.03 bits per heavy atom. The van der Waals surface area contributed by atoms with Crippen LogP contribution in [0, 0.1) is 34.5 Å². The summed E-state index contributed by atoms with van der Waals surface area (Å²) in [6.07, 6.45) is 13.2. The van der Waals surface area contributed by atoms with Gasteiger partial charge in [0.25, 0.3) is 5.91 Å². The van der Waals surface area contributed by atoms with E-state index in [1.165, 1.54) is 45.1 Å². The lowest BCUT2D eigenvalue weighted by Gasteiger charge is -2.58. The van der Waals surface area contributed by atoms with Crippen molar-refractivity contribution in [3.63, 3.8) is 0 Å². The van der Waals surface area contributed by atoms with Crippen LogP contribution < -0.4 is 0 Å². The van der Waals surface area contributed by atoms with E-state index in [2.05, 4.69) is 31.9 Å². The molecule has 0 bridgehead atoms. The molecule has 0 radical (unpaired) electrons. The van der Waals surface area contributed by atoms with E-state index in [-0.39, 0.29) is 5.91 Å². The molecular formula is C30H42N2O. The summed E-state index contributed by atoms with van der Waals surface area (Å²) in [6.45, 7) is 6.43. The van der Waals surface area contributed by atoms with Crippen molar-refractivity contribution in [2.24, 2.45) is 34.5 Å². The molecule has 3 nitrogen and oxygen atoms in total. The number of amides is 1. The van der Waals surface area contributed by atoms with Gasteiger partial charge in [0.2, 0.25) is 0 Å². The molecule has 1 aromatic rings. The molecule has 1 aromatic carbocycles. The maximum atomic E-state index is 13.1. The highest BCUT2D eigenvalue weighted by Crippen LogP contribution is 2.68. The summed E-state index contributed by atoms with van der Waals surface area (Å²) in [5, 5.41) is 0. The Morgan fingerprint density at radius 3 is 2.58 bits per heavy atom. The van der Waals surface area contributed by atoms with E-state index >= 15 is 0 Å². The molecule has 33 heavy (non-hydrogen) atoms. The van der Waals surface area contributed by atoms with Crippen LogP contribution in [-0.4, -0.2) is 48.4 Å². The first-order valence-electron chi connectivity index (χ1n) is 13.6. The van der Waals surface area contributed by atoms with Gasteiger partial charge >= 0.3 is 0 Å².